The standard InChI is InChI=1S/C26H42O2/c1-4-21(3)22-14-16-24(17-15-22)28-25(27-5-2)20-26(18-10-7-11-19-26)23-12-8-6-9-13-23/h14-17,21,23,25H,4-13,18-20H2,1-3H3. The summed E-state index contributed by atoms with van der Waals surface area (Å²) in [4.78, 5) is 0. The number of hydrogen-bond donors (Lipinski definition) is 0. The zero-order valence-electron chi connectivity index (χ0n) is 18.6. The molecule has 0 spiro atoms. The molecule has 2 atom stereocenters. The zero-order valence-corrected chi connectivity index (χ0v) is 18.6. The van der Waals surface area contributed by atoms with Crippen molar-refractivity contribution in [2.24, 2.45) is 11.3 Å². The Balaban J connectivity index is 1.70. The molecule has 0 bridgehead atoms. The topological polar surface area (TPSA) is 18.5 Å². The van der Waals surface area contributed by atoms with Gasteiger partial charge in [0.25, 0.3) is 0 Å². The van der Waals surface area contributed by atoms with Crippen LogP contribution >= 0.6 is 0 Å². The van der Waals surface area contributed by atoms with E-state index in [0.717, 1.165) is 24.7 Å². The van der Waals surface area contributed by atoms with Crippen molar-refractivity contribution in [1.82, 2.24) is 0 Å². The minimum Gasteiger partial charge on any atom is -0.465 e. The second kappa shape index (κ2) is 10.7. The summed E-state index contributed by atoms with van der Waals surface area (Å²) in [6.45, 7) is 7.35. The van der Waals surface area contributed by atoms with Gasteiger partial charge in [-0.3, -0.25) is 0 Å². The van der Waals surface area contributed by atoms with Gasteiger partial charge in [0.05, 0.1) is 0 Å². The summed E-state index contributed by atoms with van der Waals surface area (Å²) >= 11 is 0. The van der Waals surface area contributed by atoms with Crippen LogP contribution in [0.4, 0.5) is 0 Å². The lowest BCUT2D eigenvalue weighted by molar-refractivity contribution is -0.119. The molecule has 0 heterocycles. The van der Waals surface area contributed by atoms with Crippen LogP contribution in [0.5, 0.6) is 5.75 Å². The van der Waals surface area contributed by atoms with Crippen molar-refractivity contribution in [2.75, 3.05) is 6.61 Å². The fourth-order valence-corrected chi connectivity index (χ4v) is 5.66. The fraction of sp³-hybridized carbons (Fsp3) is 0.769. The Bertz CT molecular complexity index is 552. The quantitative estimate of drug-likeness (QED) is 0.402. The molecule has 1 aromatic rings. The van der Waals surface area contributed by atoms with Gasteiger partial charge in [-0.25, -0.2) is 0 Å². The van der Waals surface area contributed by atoms with Gasteiger partial charge < -0.3 is 9.47 Å². The molecular formula is C26H42O2. The van der Waals surface area contributed by atoms with E-state index < -0.39 is 0 Å². The second-order valence-electron chi connectivity index (χ2n) is 9.34. The summed E-state index contributed by atoms with van der Waals surface area (Å²) in [6.07, 6.45) is 16.2. The average Bonchev–Trinajstić information content (AvgIpc) is 2.75. The molecule has 2 saturated carbocycles. The molecule has 0 aromatic heterocycles. The first-order valence-electron chi connectivity index (χ1n) is 12.0. The Kier molecular flexibility index (Phi) is 8.26. The van der Waals surface area contributed by atoms with E-state index in [0.29, 0.717) is 11.3 Å². The molecule has 2 heteroatoms. The molecule has 158 valence electrons. The van der Waals surface area contributed by atoms with E-state index in [4.69, 9.17) is 9.47 Å². The maximum Gasteiger partial charge on any atom is 0.200 e. The van der Waals surface area contributed by atoms with E-state index in [9.17, 15) is 0 Å². The van der Waals surface area contributed by atoms with Crippen molar-refractivity contribution in [3.05, 3.63) is 29.8 Å². The van der Waals surface area contributed by atoms with Crippen molar-refractivity contribution < 1.29 is 9.47 Å². The summed E-state index contributed by atoms with van der Waals surface area (Å²) in [5.74, 6) is 2.44. The molecule has 0 N–H and O–H groups in total. The molecule has 2 fully saturated rings. The lowest BCUT2D eigenvalue weighted by atomic mass is 9.60. The van der Waals surface area contributed by atoms with Crippen molar-refractivity contribution in [3.63, 3.8) is 0 Å². The van der Waals surface area contributed by atoms with E-state index in [1.807, 2.05) is 0 Å². The molecule has 2 unspecified atom stereocenters. The monoisotopic (exact) mass is 386 g/mol. The highest BCUT2D eigenvalue weighted by molar-refractivity contribution is 5.29. The molecular weight excluding hydrogens is 344 g/mol. The van der Waals surface area contributed by atoms with Gasteiger partial charge in [-0.15, -0.1) is 0 Å². The maximum absolute atomic E-state index is 6.42. The van der Waals surface area contributed by atoms with Gasteiger partial charge in [-0.2, -0.15) is 0 Å². The molecule has 0 saturated heterocycles. The number of ether oxygens (including phenoxy) is 2. The van der Waals surface area contributed by atoms with Crippen LogP contribution in [0, 0.1) is 11.3 Å². The molecule has 0 aliphatic heterocycles. The van der Waals surface area contributed by atoms with Crippen LogP contribution in [-0.2, 0) is 4.74 Å². The van der Waals surface area contributed by atoms with Gasteiger partial charge in [0.15, 0.2) is 6.29 Å². The van der Waals surface area contributed by atoms with E-state index in [1.54, 1.807) is 0 Å². The zero-order chi connectivity index (χ0) is 19.8. The second-order valence-corrected chi connectivity index (χ2v) is 9.34. The average molecular weight is 387 g/mol. The van der Waals surface area contributed by atoms with E-state index in [2.05, 4.69) is 45.0 Å². The summed E-state index contributed by atoms with van der Waals surface area (Å²) in [6, 6.07) is 8.73. The lowest BCUT2D eigenvalue weighted by Crippen LogP contribution is -2.39. The summed E-state index contributed by atoms with van der Waals surface area (Å²) in [7, 11) is 0. The number of hydrogen-bond acceptors (Lipinski definition) is 2. The predicted molar refractivity (Wildman–Crippen MR) is 118 cm³/mol. The van der Waals surface area contributed by atoms with Crippen molar-refractivity contribution in [3.8, 4) is 5.75 Å². The summed E-state index contributed by atoms with van der Waals surface area (Å²) in [5.41, 5.74) is 1.84. The highest BCUT2D eigenvalue weighted by Crippen LogP contribution is 2.51. The molecule has 28 heavy (non-hydrogen) atoms. The molecule has 2 aliphatic rings. The molecule has 1 aromatic carbocycles. The van der Waals surface area contributed by atoms with Gasteiger partial charge in [0, 0.05) is 13.0 Å². The molecule has 2 nitrogen and oxygen atoms in total. The van der Waals surface area contributed by atoms with Crippen LogP contribution in [0.15, 0.2) is 24.3 Å². The van der Waals surface area contributed by atoms with E-state index >= 15 is 0 Å². The van der Waals surface area contributed by atoms with Crippen LogP contribution in [0.2, 0.25) is 0 Å². The van der Waals surface area contributed by atoms with Gasteiger partial charge in [0.1, 0.15) is 5.75 Å². The smallest absolute Gasteiger partial charge is 0.200 e. The Morgan fingerprint density at radius 2 is 1.57 bits per heavy atom. The van der Waals surface area contributed by atoms with Gasteiger partial charge in [0.2, 0.25) is 0 Å². The minimum absolute atomic E-state index is 0.112. The van der Waals surface area contributed by atoms with Crippen molar-refractivity contribution in [2.45, 2.75) is 110 Å². The third-order valence-corrected chi connectivity index (χ3v) is 7.58. The summed E-state index contributed by atoms with van der Waals surface area (Å²) < 4.78 is 12.6. The normalized spacial score (nSPS) is 22.5. The minimum atomic E-state index is -0.112. The fourth-order valence-electron chi connectivity index (χ4n) is 5.66. The highest BCUT2D eigenvalue weighted by Gasteiger charge is 2.42. The van der Waals surface area contributed by atoms with Crippen LogP contribution in [-0.4, -0.2) is 12.9 Å². The van der Waals surface area contributed by atoms with E-state index in [-0.39, 0.29) is 6.29 Å². The van der Waals surface area contributed by atoms with Crippen LogP contribution < -0.4 is 4.74 Å². The third kappa shape index (κ3) is 5.53. The van der Waals surface area contributed by atoms with Gasteiger partial charge in [-0.05, 0) is 74.0 Å². The van der Waals surface area contributed by atoms with Gasteiger partial charge >= 0.3 is 0 Å². The van der Waals surface area contributed by atoms with Crippen molar-refractivity contribution in [1.29, 1.82) is 0 Å². The van der Waals surface area contributed by atoms with Crippen LogP contribution in [0.3, 0.4) is 0 Å². The molecule has 2 aliphatic carbocycles. The molecule has 0 amide bonds. The predicted octanol–water partition coefficient (Wildman–Crippen LogP) is 7.86. The third-order valence-electron chi connectivity index (χ3n) is 7.58. The number of benzene rings is 1. The number of rotatable bonds is 9. The molecule has 0 radical (unpaired) electrons. The Labute approximate surface area is 173 Å². The van der Waals surface area contributed by atoms with Gasteiger partial charge in [-0.1, -0.05) is 64.5 Å². The molecule has 3 rings (SSSR count). The first-order valence-corrected chi connectivity index (χ1v) is 12.0. The largest absolute Gasteiger partial charge is 0.465 e. The maximum atomic E-state index is 6.42. The van der Waals surface area contributed by atoms with Crippen LogP contribution in [0.25, 0.3) is 0 Å². The Morgan fingerprint density at radius 1 is 0.929 bits per heavy atom. The first-order chi connectivity index (χ1) is 13.7. The van der Waals surface area contributed by atoms with E-state index in [1.165, 1.54) is 76.2 Å². The lowest BCUT2D eigenvalue weighted by Gasteiger charge is -2.47. The van der Waals surface area contributed by atoms with Crippen LogP contribution in [0.1, 0.15) is 109 Å². The summed E-state index contributed by atoms with van der Waals surface area (Å²) in [5, 5.41) is 0. The van der Waals surface area contributed by atoms with Crippen molar-refractivity contribution >= 4 is 0 Å². The highest BCUT2D eigenvalue weighted by atomic mass is 16.7. The SMILES string of the molecule is CCOC(CC1(C2CCCCC2)CCCCC1)Oc1ccc(C(C)CC)cc1. The first kappa shape index (κ1) is 21.7. The Hall–Kier alpha value is -1.02. The Morgan fingerprint density at radius 3 is 2.18 bits per heavy atom.